The molecular formula is C11H13NO2. The van der Waals surface area contributed by atoms with Crippen molar-refractivity contribution in [1.82, 2.24) is 0 Å². The van der Waals surface area contributed by atoms with Gasteiger partial charge in [-0.05, 0) is 18.6 Å². The molecule has 0 radical (unpaired) electrons. The minimum atomic E-state index is -0.0593. The van der Waals surface area contributed by atoms with E-state index in [9.17, 15) is 4.79 Å². The molecule has 14 heavy (non-hydrogen) atoms. The van der Waals surface area contributed by atoms with Gasteiger partial charge in [-0.3, -0.25) is 4.79 Å². The highest BCUT2D eigenvalue weighted by atomic mass is 16.5. The quantitative estimate of drug-likeness (QED) is 0.737. The molecule has 1 aliphatic heterocycles. The number of amides is 1. The van der Waals surface area contributed by atoms with Gasteiger partial charge in [0.05, 0.1) is 0 Å². The molecule has 0 saturated carbocycles. The normalized spacial score (nSPS) is 18.6. The third-order valence-corrected chi connectivity index (χ3v) is 2.22. The Labute approximate surface area is 83.1 Å². The number of hydrogen-bond donors (Lipinski definition) is 1. The summed E-state index contributed by atoms with van der Waals surface area (Å²) in [7, 11) is 0. The standard InChI is InChI=1S/C11H13NO2/c1-7-5-9-3-4-10(12-8(2)13)6-11(9)14-7/h3-4,6-7H,5H2,1-2H3,(H,12,13). The molecule has 1 atom stereocenters. The van der Waals surface area contributed by atoms with E-state index in [1.807, 2.05) is 25.1 Å². The van der Waals surface area contributed by atoms with Crippen LogP contribution in [0.15, 0.2) is 18.2 Å². The first-order valence-electron chi connectivity index (χ1n) is 4.72. The van der Waals surface area contributed by atoms with Gasteiger partial charge in [-0.15, -0.1) is 0 Å². The van der Waals surface area contributed by atoms with Gasteiger partial charge >= 0.3 is 0 Å². The molecule has 0 aromatic heterocycles. The van der Waals surface area contributed by atoms with E-state index >= 15 is 0 Å². The summed E-state index contributed by atoms with van der Waals surface area (Å²) in [5, 5.41) is 2.73. The van der Waals surface area contributed by atoms with E-state index in [1.54, 1.807) is 0 Å². The second-order valence-corrected chi connectivity index (χ2v) is 3.64. The second-order valence-electron chi connectivity index (χ2n) is 3.64. The summed E-state index contributed by atoms with van der Waals surface area (Å²) in [5.74, 6) is 0.833. The third-order valence-electron chi connectivity index (χ3n) is 2.22. The number of nitrogens with one attached hydrogen (secondary N) is 1. The molecule has 0 spiro atoms. The molecule has 1 N–H and O–H groups in total. The molecule has 1 unspecified atom stereocenters. The number of fused-ring (bicyclic) bond motifs is 1. The minimum Gasteiger partial charge on any atom is -0.490 e. The fourth-order valence-corrected chi connectivity index (χ4v) is 1.68. The predicted molar refractivity (Wildman–Crippen MR) is 54.5 cm³/mol. The molecule has 1 amide bonds. The molecule has 0 bridgehead atoms. The molecule has 0 fully saturated rings. The summed E-state index contributed by atoms with van der Waals surface area (Å²) in [4.78, 5) is 10.8. The maximum absolute atomic E-state index is 10.8. The van der Waals surface area contributed by atoms with Crippen molar-refractivity contribution >= 4 is 11.6 Å². The first-order valence-corrected chi connectivity index (χ1v) is 4.72. The fraction of sp³-hybridized carbons (Fsp3) is 0.364. The van der Waals surface area contributed by atoms with Crippen LogP contribution >= 0.6 is 0 Å². The van der Waals surface area contributed by atoms with E-state index in [1.165, 1.54) is 12.5 Å². The van der Waals surface area contributed by atoms with Gasteiger partial charge in [0.2, 0.25) is 5.91 Å². The van der Waals surface area contributed by atoms with E-state index < -0.39 is 0 Å². The number of hydrogen-bond acceptors (Lipinski definition) is 2. The predicted octanol–water partition coefficient (Wildman–Crippen LogP) is 1.97. The Morgan fingerprint density at radius 3 is 3.07 bits per heavy atom. The fourth-order valence-electron chi connectivity index (χ4n) is 1.68. The van der Waals surface area contributed by atoms with Gasteiger partial charge in [-0.25, -0.2) is 0 Å². The van der Waals surface area contributed by atoms with Gasteiger partial charge < -0.3 is 10.1 Å². The highest BCUT2D eigenvalue weighted by Crippen LogP contribution is 2.31. The summed E-state index contributed by atoms with van der Waals surface area (Å²) < 4.78 is 5.58. The van der Waals surface area contributed by atoms with Gasteiger partial charge in [0.1, 0.15) is 11.9 Å². The number of anilines is 1. The van der Waals surface area contributed by atoms with Gasteiger partial charge in [-0.2, -0.15) is 0 Å². The largest absolute Gasteiger partial charge is 0.490 e. The van der Waals surface area contributed by atoms with Gasteiger partial charge in [0, 0.05) is 25.1 Å². The lowest BCUT2D eigenvalue weighted by Crippen LogP contribution is -2.06. The average molecular weight is 191 g/mol. The molecular weight excluding hydrogens is 178 g/mol. The van der Waals surface area contributed by atoms with E-state index in [2.05, 4.69) is 5.32 Å². The topological polar surface area (TPSA) is 38.3 Å². The van der Waals surface area contributed by atoms with Crippen molar-refractivity contribution in [2.45, 2.75) is 26.4 Å². The Morgan fingerprint density at radius 1 is 1.57 bits per heavy atom. The Kier molecular flexibility index (Phi) is 2.15. The van der Waals surface area contributed by atoms with Crippen LogP contribution in [0.4, 0.5) is 5.69 Å². The molecule has 3 heteroatoms. The molecule has 0 aliphatic carbocycles. The number of ether oxygens (including phenoxy) is 1. The van der Waals surface area contributed by atoms with E-state index in [0.717, 1.165) is 17.9 Å². The maximum atomic E-state index is 10.8. The van der Waals surface area contributed by atoms with Crippen LogP contribution < -0.4 is 10.1 Å². The lowest BCUT2D eigenvalue weighted by Gasteiger charge is -2.05. The highest BCUT2D eigenvalue weighted by molar-refractivity contribution is 5.88. The zero-order valence-corrected chi connectivity index (χ0v) is 8.33. The van der Waals surface area contributed by atoms with Crippen LogP contribution in [0.2, 0.25) is 0 Å². The Hall–Kier alpha value is -1.51. The highest BCUT2D eigenvalue weighted by Gasteiger charge is 2.18. The van der Waals surface area contributed by atoms with E-state index in [0.29, 0.717) is 0 Å². The van der Waals surface area contributed by atoms with Crippen molar-refractivity contribution in [3.05, 3.63) is 23.8 Å². The zero-order valence-electron chi connectivity index (χ0n) is 8.33. The third kappa shape index (κ3) is 1.71. The van der Waals surface area contributed by atoms with Crippen LogP contribution in [0.3, 0.4) is 0 Å². The van der Waals surface area contributed by atoms with Crippen molar-refractivity contribution in [2.75, 3.05) is 5.32 Å². The zero-order chi connectivity index (χ0) is 10.1. The van der Waals surface area contributed by atoms with Gasteiger partial charge in [-0.1, -0.05) is 6.07 Å². The van der Waals surface area contributed by atoms with E-state index in [-0.39, 0.29) is 12.0 Å². The van der Waals surface area contributed by atoms with Crippen molar-refractivity contribution < 1.29 is 9.53 Å². The van der Waals surface area contributed by atoms with Crippen molar-refractivity contribution in [2.24, 2.45) is 0 Å². The number of benzene rings is 1. The maximum Gasteiger partial charge on any atom is 0.221 e. The SMILES string of the molecule is CC(=O)Nc1ccc2c(c1)OC(C)C2. The van der Waals surface area contributed by atoms with Crippen LogP contribution in [0.5, 0.6) is 5.75 Å². The summed E-state index contributed by atoms with van der Waals surface area (Å²) in [6.45, 7) is 3.54. The van der Waals surface area contributed by atoms with Crippen LogP contribution in [-0.2, 0) is 11.2 Å². The van der Waals surface area contributed by atoms with Crippen LogP contribution in [-0.4, -0.2) is 12.0 Å². The number of rotatable bonds is 1. The summed E-state index contributed by atoms with van der Waals surface area (Å²) in [6, 6.07) is 5.78. The molecule has 74 valence electrons. The molecule has 1 aromatic rings. The van der Waals surface area contributed by atoms with E-state index in [4.69, 9.17) is 4.74 Å². The molecule has 3 nitrogen and oxygen atoms in total. The number of carbonyl (C=O) groups is 1. The van der Waals surface area contributed by atoms with Gasteiger partial charge in [0.25, 0.3) is 0 Å². The molecule has 1 aliphatic rings. The second kappa shape index (κ2) is 3.33. The minimum absolute atomic E-state index is 0.0593. The first-order chi connectivity index (χ1) is 6.65. The molecule has 1 aromatic carbocycles. The first kappa shape index (κ1) is 9.06. The Balaban J connectivity index is 2.24. The summed E-state index contributed by atoms with van der Waals surface area (Å²) >= 11 is 0. The lowest BCUT2D eigenvalue weighted by molar-refractivity contribution is -0.114. The Bertz CT molecular complexity index is 374. The van der Waals surface area contributed by atoms with Crippen molar-refractivity contribution in [3.8, 4) is 5.75 Å². The summed E-state index contributed by atoms with van der Waals surface area (Å²) in [6.07, 6.45) is 1.20. The number of carbonyl (C=O) groups excluding carboxylic acids is 1. The van der Waals surface area contributed by atoms with Crippen LogP contribution in [0.1, 0.15) is 19.4 Å². The molecule has 1 heterocycles. The van der Waals surface area contributed by atoms with Crippen LogP contribution in [0, 0.1) is 0 Å². The Morgan fingerprint density at radius 2 is 2.36 bits per heavy atom. The lowest BCUT2D eigenvalue weighted by atomic mass is 10.1. The van der Waals surface area contributed by atoms with Crippen molar-refractivity contribution in [1.29, 1.82) is 0 Å². The van der Waals surface area contributed by atoms with Crippen LogP contribution in [0.25, 0.3) is 0 Å². The van der Waals surface area contributed by atoms with Crippen molar-refractivity contribution in [3.63, 3.8) is 0 Å². The smallest absolute Gasteiger partial charge is 0.221 e. The van der Waals surface area contributed by atoms with Gasteiger partial charge in [0.15, 0.2) is 0 Å². The monoisotopic (exact) mass is 191 g/mol. The molecule has 0 saturated heterocycles. The average Bonchev–Trinajstić information content (AvgIpc) is 2.42. The molecule has 2 rings (SSSR count). The summed E-state index contributed by atoms with van der Waals surface area (Å²) in [5.41, 5.74) is 2.01.